The summed E-state index contributed by atoms with van der Waals surface area (Å²) in [5, 5.41) is 8.62. The van der Waals surface area contributed by atoms with Crippen molar-refractivity contribution in [2.75, 3.05) is 6.54 Å². The number of nitrogens with zero attached hydrogens (tertiary/aromatic N) is 2. The first-order valence-electron chi connectivity index (χ1n) is 7.08. The van der Waals surface area contributed by atoms with Gasteiger partial charge in [0.25, 0.3) is 0 Å². The third kappa shape index (κ3) is 4.70. The van der Waals surface area contributed by atoms with E-state index in [4.69, 9.17) is 27.7 Å². The third-order valence-corrected chi connectivity index (χ3v) is 3.84. The lowest BCUT2D eigenvalue weighted by molar-refractivity contribution is 0.358. The second-order valence-corrected chi connectivity index (χ2v) is 5.86. The molecule has 1 unspecified atom stereocenters. The molecular formula is C15H19Cl2N3O. The van der Waals surface area contributed by atoms with Crippen LogP contribution in [0.4, 0.5) is 0 Å². The van der Waals surface area contributed by atoms with Crippen molar-refractivity contribution in [3.63, 3.8) is 0 Å². The number of halogens is 2. The molecular weight excluding hydrogens is 309 g/mol. The number of hydrogen-bond acceptors (Lipinski definition) is 4. The van der Waals surface area contributed by atoms with Crippen molar-refractivity contribution in [3.8, 4) is 0 Å². The average molecular weight is 328 g/mol. The molecule has 114 valence electrons. The van der Waals surface area contributed by atoms with Gasteiger partial charge in [0.15, 0.2) is 5.82 Å². The van der Waals surface area contributed by atoms with E-state index in [2.05, 4.69) is 29.3 Å². The molecule has 0 fully saturated rings. The predicted octanol–water partition coefficient (Wildman–Crippen LogP) is 3.90. The van der Waals surface area contributed by atoms with Gasteiger partial charge in [0.05, 0.1) is 0 Å². The van der Waals surface area contributed by atoms with E-state index in [0.29, 0.717) is 40.6 Å². The molecule has 1 aromatic carbocycles. The summed E-state index contributed by atoms with van der Waals surface area (Å²) in [5.41, 5.74) is 0.824. The van der Waals surface area contributed by atoms with Crippen LogP contribution >= 0.6 is 23.2 Å². The predicted molar refractivity (Wildman–Crippen MR) is 85.0 cm³/mol. The lowest BCUT2D eigenvalue weighted by atomic mass is 10.1. The quantitative estimate of drug-likeness (QED) is 0.837. The van der Waals surface area contributed by atoms with Crippen LogP contribution in [-0.2, 0) is 12.8 Å². The molecule has 0 bridgehead atoms. The molecule has 0 aliphatic carbocycles. The minimum Gasteiger partial charge on any atom is -0.339 e. The summed E-state index contributed by atoms with van der Waals surface area (Å²) < 4.78 is 5.28. The Labute approximate surface area is 134 Å². The van der Waals surface area contributed by atoms with Crippen LogP contribution < -0.4 is 5.32 Å². The minimum atomic E-state index is 0.308. The van der Waals surface area contributed by atoms with E-state index in [0.717, 1.165) is 18.5 Å². The van der Waals surface area contributed by atoms with Gasteiger partial charge in [-0.25, -0.2) is 0 Å². The van der Waals surface area contributed by atoms with Crippen LogP contribution in [0.2, 0.25) is 10.0 Å². The van der Waals surface area contributed by atoms with Crippen LogP contribution in [0.15, 0.2) is 22.7 Å². The van der Waals surface area contributed by atoms with Crippen molar-refractivity contribution < 1.29 is 4.52 Å². The van der Waals surface area contributed by atoms with Gasteiger partial charge in [-0.15, -0.1) is 0 Å². The summed E-state index contributed by atoms with van der Waals surface area (Å²) >= 11 is 12.3. The molecule has 1 atom stereocenters. The maximum Gasteiger partial charge on any atom is 0.228 e. The van der Waals surface area contributed by atoms with E-state index in [1.807, 2.05) is 6.07 Å². The van der Waals surface area contributed by atoms with Crippen LogP contribution in [0.1, 0.15) is 37.5 Å². The second-order valence-electron chi connectivity index (χ2n) is 5.04. The Hall–Kier alpha value is -1.10. The first-order chi connectivity index (χ1) is 10.1. The first-order valence-corrected chi connectivity index (χ1v) is 7.83. The Morgan fingerprint density at radius 2 is 2.00 bits per heavy atom. The highest BCUT2D eigenvalue weighted by molar-refractivity contribution is 6.36. The Morgan fingerprint density at radius 1 is 1.29 bits per heavy atom. The fraction of sp³-hybridized carbons (Fsp3) is 0.467. The SMILES string of the molecule is CCCNC(C)Cc1nc(Cc2c(Cl)cccc2Cl)no1. The van der Waals surface area contributed by atoms with Crippen molar-refractivity contribution in [1.29, 1.82) is 0 Å². The molecule has 2 rings (SSSR count). The third-order valence-electron chi connectivity index (χ3n) is 3.13. The Bertz CT molecular complexity index is 566. The summed E-state index contributed by atoms with van der Waals surface area (Å²) in [6.07, 6.45) is 2.28. The van der Waals surface area contributed by atoms with Gasteiger partial charge in [-0.3, -0.25) is 0 Å². The van der Waals surface area contributed by atoms with Gasteiger partial charge in [-0.2, -0.15) is 4.98 Å². The van der Waals surface area contributed by atoms with Gasteiger partial charge in [-0.05, 0) is 37.6 Å². The molecule has 0 aliphatic heterocycles. The zero-order valence-electron chi connectivity index (χ0n) is 12.2. The molecule has 4 nitrogen and oxygen atoms in total. The zero-order valence-corrected chi connectivity index (χ0v) is 13.7. The van der Waals surface area contributed by atoms with E-state index in [-0.39, 0.29) is 0 Å². The monoisotopic (exact) mass is 327 g/mol. The highest BCUT2D eigenvalue weighted by Gasteiger charge is 2.13. The van der Waals surface area contributed by atoms with Crippen molar-refractivity contribution in [3.05, 3.63) is 45.5 Å². The Morgan fingerprint density at radius 3 is 2.67 bits per heavy atom. The van der Waals surface area contributed by atoms with Crippen LogP contribution in [0.5, 0.6) is 0 Å². The fourth-order valence-corrected chi connectivity index (χ4v) is 2.56. The van der Waals surface area contributed by atoms with E-state index in [1.165, 1.54) is 0 Å². The maximum atomic E-state index is 6.15. The number of hydrogen-bond donors (Lipinski definition) is 1. The van der Waals surface area contributed by atoms with E-state index >= 15 is 0 Å². The normalized spacial score (nSPS) is 12.6. The summed E-state index contributed by atoms with van der Waals surface area (Å²) in [7, 11) is 0. The largest absolute Gasteiger partial charge is 0.339 e. The highest BCUT2D eigenvalue weighted by Crippen LogP contribution is 2.26. The topological polar surface area (TPSA) is 51.0 Å². The molecule has 1 N–H and O–H groups in total. The van der Waals surface area contributed by atoms with Crippen molar-refractivity contribution >= 4 is 23.2 Å². The summed E-state index contributed by atoms with van der Waals surface area (Å²) in [6.45, 7) is 5.22. The lowest BCUT2D eigenvalue weighted by Crippen LogP contribution is -2.28. The van der Waals surface area contributed by atoms with E-state index < -0.39 is 0 Å². The van der Waals surface area contributed by atoms with E-state index in [9.17, 15) is 0 Å². The van der Waals surface area contributed by atoms with Crippen molar-refractivity contribution in [1.82, 2.24) is 15.5 Å². The van der Waals surface area contributed by atoms with Gasteiger partial charge in [0.1, 0.15) is 0 Å². The minimum absolute atomic E-state index is 0.308. The summed E-state index contributed by atoms with van der Waals surface area (Å²) in [6, 6.07) is 5.74. The molecule has 0 saturated carbocycles. The average Bonchev–Trinajstić information content (AvgIpc) is 2.88. The van der Waals surface area contributed by atoms with Crippen molar-refractivity contribution in [2.45, 2.75) is 39.2 Å². The van der Waals surface area contributed by atoms with Crippen LogP contribution in [-0.4, -0.2) is 22.7 Å². The fourth-order valence-electron chi connectivity index (χ4n) is 2.03. The molecule has 0 radical (unpaired) electrons. The number of benzene rings is 1. The molecule has 0 spiro atoms. The summed E-state index contributed by atoms with van der Waals surface area (Å²) in [4.78, 5) is 4.40. The van der Waals surface area contributed by atoms with Crippen molar-refractivity contribution in [2.24, 2.45) is 0 Å². The molecule has 1 aromatic heterocycles. The van der Waals surface area contributed by atoms with Crippen LogP contribution in [0, 0.1) is 0 Å². The number of aromatic nitrogens is 2. The van der Waals surface area contributed by atoms with Crippen LogP contribution in [0.3, 0.4) is 0 Å². The van der Waals surface area contributed by atoms with Gasteiger partial charge in [0.2, 0.25) is 5.89 Å². The Balaban J connectivity index is 2.00. The first kappa shape index (κ1) is 16.3. The molecule has 1 heterocycles. The van der Waals surface area contributed by atoms with Gasteiger partial charge in [0, 0.05) is 28.9 Å². The molecule has 2 aromatic rings. The molecule has 0 saturated heterocycles. The summed E-state index contributed by atoms with van der Waals surface area (Å²) in [5.74, 6) is 1.23. The number of nitrogens with one attached hydrogen (secondary N) is 1. The zero-order chi connectivity index (χ0) is 15.2. The standard InChI is InChI=1S/C15H19Cl2N3O/c1-3-7-18-10(2)8-15-19-14(20-21-15)9-11-12(16)5-4-6-13(11)17/h4-6,10,18H,3,7-9H2,1-2H3. The lowest BCUT2D eigenvalue weighted by Gasteiger charge is -2.09. The molecule has 0 amide bonds. The second kappa shape index (κ2) is 7.78. The number of rotatable bonds is 7. The Kier molecular flexibility index (Phi) is 6.03. The van der Waals surface area contributed by atoms with Gasteiger partial charge >= 0.3 is 0 Å². The van der Waals surface area contributed by atoms with Gasteiger partial charge in [-0.1, -0.05) is 41.3 Å². The van der Waals surface area contributed by atoms with Gasteiger partial charge < -0.3 is 9.84 Å². The molecule has 21 heavy (non-hydrogen) atoms. The molecule has 6 heteroatoms. The van der Waals surface area contributed by atoms with Crippen LogP contribution in [0.25, 0.3) is 0 Å². The molecule has 0 aliphatic rings. The van der Waals surface area contributed by atoms with E-state index in [1.54, 1.807) is 12.1 Å². The highest BCUT2D eigenvalue weighted by atomic mass is 35.5. The smallest absolute Gasteiger partial charge is 0.228 e. The maximum absolute atomic E-state index is 6.15.